The molecule has 0 atom stereocenters. The topological polar surface area (TPSA) is 151 Å². The van der Waals surface area contributed by atoms with Crippen molar-refractivity contribution in [3.63, 3.8) is 0 Å². The largest absolute Gasteiger partial charge is 0.484 e. The first-order valence-electron chi connectivity index (χ1n) is 9.50. The normalized spacial score (nSPS) is 12.8. The summed E-state index contributed by atoms with van der Waals surface area (Å²) >= 11 is 0. The van der Waals surface area contributed by atoms with Gasteiger partial charge in [0.1, 0.15) is 5.75 Å². The molecule has 0 saturated carbocycles. The summed E-state index contributed by atoms with van der Waals surface area (Å²) in [7, 11) is 0. The van der Waals surface area contributed by atoms with Crippen LogP contribution in [0.5, 0.6) is 5.75 Å². The number of nitrogen functional groups attached to an aromatic ring is 1. The van der Waals surface area contributed by atoms with Crippen molar-refractivity contribution >= 4 is 29.4 Å². The molecule has 1 amide bonds. The van der Waals surface area contributed by atoms with Crippen molar-refractivity contribution in [2.45, 2.75) is 0 Å². The average molecular weight is 419 g/mol. The lowest BCUT2D eigenvalue weighted by atomic mass is 10.2. The molecule has 0 unspecified atom stereocenters. The van der Waals surface area contributed by atoms with Gasteiger partial charge < -0.3 is 36.2 Å². The molecule has 0 radical (unpaired) electrons. The molecule has 4 rings (SSSR count). The lowest BCUT2D eigenvalue weighted by Crippen LogP contribution is -2.28. The Balaban J connectivity index is 1.34. The van der Waals surface area contributed by atoms with Gasteiger partial charge in [-0.2, -0.15) is 0 Å². The molecule has 2 aromatic carbocycles. The molecule has 0 bridgehead atoms. The first-order chi connectivity index (χ1) is 15.1. The van der Waals surface area contributed by atoms with Crippen LogP contribution in [0.4, 0.5) is 17.3 Å². The molecule has 3 aromatic rings. The third-order valence-electron chi connectivity index (χ3n) is 4.49. The quantitative estimate of drug-likeness (QED) is 0.277. The monoisotopic (exact) mass is 419 g/mol. The number of carbonyl (C=O) groups excluding carboxylic acids is 1. The van der Waals surface area contributed by atoms with E-state index in [2.05, 4.69) is 25.8 Å². The van der Waals surface area contributed by atoms with Gasteiger partial charge in [-0.15, -0.1) is 10.2 Å². The predicted molar refractivity (Wildman–Crippen MR) is 116 cm³/mol. The van der Waals surface area contributed by atoms with E-state index in [9.17, 15) is 4.79 Å². The van der Waals surface area contributed by atoms with E-state index >= 15 is 0 Å². The van der Waals surface area contributed by atoms with Gasteiger partial charge in [0.25, 0.3) is 5.91 Å². The van der Waals surface area contributed by atoms with Gasteiger partial charge in [0.15, 0.2) is 12.4 Å². The molecule has 158 valence electrons. The highest BCUT2D eigenvalue weighted by molar-refractivity contribution is 5.87. The van der Waals surface area contributed by atoms with Crippen LogP contribution in [0.2, 0.25) is 0 Å². The van der Waals surface area contributed by atoms with Gasteiger partial charge in [-0.1, -0.05) is 0 Å². The van der Waals surface area contributed by atoms with E-state index in [0.29, 0.717) is 42.0 Å². The van der Waals surface area contributed by atoms with Gasteiger partial charge in [-0.05, 0) is 48.5 Å². The molecular formula is C21H21N7O3. The van der Waals surface area contributed by atoms with E-state index < -0.39 is 0 Å². The number of carbonyl (C=O) groups is 1. The Labute approximate surface area is 178 Å². The summed E-state index contributed by atoms with van der Waals surface area (Å²) in [6, 6.07) is 12.4. The van der Waals surface area contributed by atoms with Crippen molar-refractivity contribution < 1.29 is 14.3 Å². The van der Waals surface area contributed by atoms with Gasteiger partial charge >= 0.3 is 0 Å². The Morgan fingerprint density at radius 2 is 2.10 bits per heavy atom. The lowest BCUT2D eigenvalue weighted by Gasteiger charge is -2.08. The summed E-state index contributed by atoms with van der Waals surface area (Å²) in [5.41, 5.74) is 9.25. The number of aromatic amines is 1. The second-order valence-corrected chi connectivity index (χ2v) is 6.74. The molecule has 1 aromatic heterocycles. The molecule has 0 aliphatic carbocycles. The zero-order valence-corrected chi connectivity index (χ0v) is 16.5. The SMILES string of the molecule is N=Cc1cc(Nc2nnc(-c3ccc(OCC(=O)NC4=CCOC4)cc3)[nH]2)ccc1N. The molecule has 0 spiro atoms. The van der Waals surface area contributed by atoms with E-state index in [1.165, 1.54) is 6.21 Å². The van der Waals surface area contributed by atoms with E-state index in [1.54, 1.807) is 30.3 Å². The number of H-pyrrole nitrogens is 1. The molecule has 0 saturated heterocycles. The van der Waals surface area contributed by atoms with Crippen LogP contribution in [-0.4, -0.2) is 47.1 Å². The number of aromatic nitrogens is 3. The number of nitrogens with zero attached hydrogens (tertiary/aromatic N) is 2. The maximum Gasteiger partial charge on any atom is 0.262 e. The maximum atomic E-state index is 11.9. The minimum atomic E-state index is -0.236. The smallest absolute Gasteiger partial charge is 0.262 e. The highest BCUT2D eigenvalue weighted by Crippen LogP contribution is 2.22. The number of hydrogen-bond acceptors (Lipinski definition) is 8. The van der Waals surface area contributed by atoms with Crippen molar-refractivity contribution in [1.82, 2.24) is 20.5 Å². The molecule has 2 heterocycles. The summed E-state index contributed by atoms with van der Waals surface area (Å²) < 4.78 is 10.7. The molecule has 1 aliphatic rings. The van der Waals surface area contributed by atoms with Gasteiger partial charge in [-0.25, -0.2) is 0 Å². The van der Waals surface area contributed by atoms with Crippen molar-refractivity contribution in [2.75, 3.05) is 30.9 Å². The van der Waals surface area contributed by atoms with E-state index in [1.807, 2.05) is 18.2 Å². The van der Waals surface area contributed by atoms with Crippen molar-refractivity contribution in [3.05, 3.63) is 59.8 Å². The average Bonchev–Trinajstić information content (AvgIpc) is 3.46. The van der Waals surface area contributed by atoms with Crippen LogP contribution in [0.3, 0.4) is 0 Å². The minimum absolute atomic E-state index is 0.0909. The summed E-state index contributed by atoms with van der Waals surface area (Å²) in [6.45, 7) is 0.838. The first kappa shape index (κ1) is 20.1. The molecular weight excluding hydrogens is 398 g/mol. The second kappa shape index (κ2) is 9.09. The number of ether oxygens (including phenoxy) is 2. The Bertz CT molecular complexity index is 1120. The van der Waals surface area contributed by atoms with E-state index in [-0.39, 0.29) is 12.5 Å². The number of amides is 1. The van der Waals surface area contributed by atoms with Gasteiger partial charge in [0.2, 0.25) is 5.95 Å². The zero-order chi connectivity index (χ0) is 21.6. The van der Waals surface area contributed by atoms with Gasteiger partial charge in [-0.3, -0.25) is 4.79 Å². The molecule has 0 fully saturated rings. The van der Waals surface area contributed by atoms with Crippen LogP contribution in [0.1, 0.15) is 5.56 Å². The standard InChI is InChI=1S/C21H21N7O3/c22-10-14-9-15(3-6-18(14)23)25-21-26-20(27-28-21)13-1-4-17(5-2-13)31-12-19(29)24-16-7-8-30-11-16/h1-7,9-10,22H,8,11-12,23H2,(H,24,29)(H2,25,26,27,28). The number of anilines is 3. The van der Waals surface area contributed by atoms with E-state index in [0.717, 1.165) is 16.9 Å². The zero-order valence-electron chi connectivity index (χ0n) is 16.5. The van der Waals surface area contributed by atoms with Crippen molar-refractivity contribution in [1.29, 1.82) is 5.41 Å². The number of nitrogens with two attached hydrogens (primary N) is 1. The summed E-state index contributed by atoms with van der Waals surface area (Å²) in [5, 5.41) is 21.5. The van der Waals surface area contributed by atoms with Crippen LogP contribution in [-0.2, 0) is 9.53 Å². The Morgan fingerprint density at radius 3 is 2.84 bits per heavy atom. The molecule has 10 heteroatoms. The van der Waals surface area contributed by atoms with Gasteiger partial charge in [0, 0.05) is 34.4 Å². The highest BCUT2D eigenvalue weighted by Gasteiger charge is 2.10. The van der Waals surface area contributed by atoms with E-state index in [4.69, 9.17) is 20.6 Å². The molecule has 31 heavy (non-hydrogen) atoms. The third-order valence-corrected chi connectivity index (χ3v) is 4.49. The fourth-order valence-electron chi connectivity index (χ4n) is 2.91. The molecule has 10 nitrogen and oxygen atoms in total. The number of rotatable bonds is 8. The summed E-state index contributed by atoms with van der Waals surface area (Å²) in [6.07, 6.45) is 3.02. The fourth-order valence-corrected chi connectivity index (χ4v) is 2.91. The minimum Gasteiger partial charge on any atom is -0.484 e. The predicted octanol–water partition coefficient (Wildman–Crippen LogP) is 2.20. The summed E-state index contributed by atoms with van der Waals surface area (Å²) in [5.74, 6) is 1.36. The van der Waals surface area contributed by atoms with Crippen LogP contribution < -0.4 is 21.1 Å². The number of nitrogens with one attached hydrogen (secondary N) is 4. The van der Waals surface area contributed by atoms with Crippen LogP contribution >= 0.6 is 0 Å². The molecule has 1 aliphatic heterocycles. The highest BCUT2D eigenvalue weighted by atomic mass is 16.5. The van der Waals surface area contributed by atoms with Gasteiger partial charge in [0.05, 0.1) is 13.2 Å². The van der Waals surface area contributed by atoms with Crippen LogP contribution in [0.25, 0.3) is 11.4 Å². The first-order valence-corrected chi connectivity index (χ1v) is 9.50. The summed E-state index contributed by atoms with van der Waals surface area (Å²) in [4.78, 5) is 15.0. The Kier molecular flexibility index (Phi) is 5.90. The van der Waals surface area contributed by atoms with Crippen molar-refractivity contribution in [2.24, 2.45) is 0 Å². The lowest BCUT2D eigenvalue weighted by molar-refractivity contribution is -0.122. The second-order valence-electron chi connectivity index (χ2n) is 6.74. The number of hydrogen-bond donors (Lipinski definition) is 5. The maximum absolute atomic E-state index is 11.9. The fraction of sp³-hybridized carbons (Fsp3) is 0.143. The van der Waals surface area contributed by atoms with Crippen LogP contribution in [0.15, 0.2) is 54.2 Å². The third kappa shape index (κ3) is 5.06. The number of benzene rings is 2. The van der Waals surface area contributed by atoms with Crippen molar-refractivity contribution in [3.8, 4) is 17.1 Å². The van der Waals surface area contributed by atoms with Crippen LogP contribution in [0, 0.1) is 5.41 Å². The Morgan fingerprint density at radius 1 is 1.26 bits per heavy atom. The molecule has 6 N–H and O–H groups in total. The Hall–Kier alpha value is -4.18.